The largest absolute Gasteiger partial charge is 0.418 e. The molecule has 0 spiro atoms. The van der Waals surface area contributed by atoms with Gasteiger partial charge in [-0.05, 0) is 49.6 Å². The Labute approximate surface area is 184 Å². The van der Waals surface area contributed by atoms with Gasteiger partial charge < -0.3 is 15.5 Å². The van der Waals surface area contributed by atoms with Crippen LogP contribution in [0.3, 0.4) is 0 Å². The van der Waals surface area contributed by atoms with Gasteiger partial charge in [0, 0.05) is 30.3 Å². The van der Waals surface area contributed by atoms with Crippen LogP contribution in [0.4, 0.5) is 18.9 Å². The Hall–Kier alpha value is -2.47. The molecule has 0 saturated heterocycles. The van der Waals surface area contributed by atoms with E-state index in [1.807, 2.05) is 30.3 Å². The van der Waals surface area contributed by atoms with Crippen LogP contribution >= 0.6 is 0 Å². The van der Waals surface area contributed by atoms with Crippen molar-refractivity contribution >= 4 is 5.69 Å². The predicted octanol–water partition coefficient (Wildman–Crippen LogP) is 6.65. The van der Waals surface area contributed by atoms with Crippen LogP contribution in [-0.4, -0.2) is 19.3 Å². The van der Waals surface area contributed by atoms with Crippen LogP contribution < -0.4 is 15.5 Å². The summed E-state index contributed by atoms with van der Waals surface area (Å²) in [5.41, 5.74) is 1.26. The SMILES string of the molecule is C=C(C)N(/C=C1\NC=C(CNCC(CC)CCCC)C=C1C(F)(F)F)c1ccccc1. The van der Waals surface area contributed by atoms with Gasteiger partial charge in [-0.25, -0.2) is 0 Å². The Balaban J connectivity index is 2.16. The summed E-state index contributed by atoms with van der Waals surface area (Å²) in [5.74, 6) is 0.550. The number of hydrogen-bond acceptors (Lipinski definition) is 3. The normalized spacial score (nSPS) is 16.4. The highest BCUT2D eigenvalue weighted by atomic mass is 19.4. The predicted molar refractivity (Wildman–Crippen MR) is 123 cm³/mol. The summed E-state index contributed by atoms with van der Waals surface area (Å²) in [6.45, 7) is 11.2. The average molecular weight is 434 g/mol. The van der Waals surface area contributed by atoms with Crippen LogP contribution in [0, 0.1) is 5.92 Å². The number of dihydropyridines is 1. The van der Waals surface area contributed by atoms with Crippen LogP contribution in [0.25, 0.3) is 0 Å². The second-order valence-corrected chi connectivity index (χ2v) is 7.95. The van der Waals surface area contributed by atoms with Crippen LogP contribution in [0.1, 0.15) is 46.5 Å². The summed E-state index contributed by atoms with van der Waals surface area (Å²) in [5, 5.41) is 6.18. The molecule has 6 heteroatoms. The van der Waals surface area contributed by atoms with Crippen molar-refractivity contribution in [3.8, 4) is 0 Å². The van der Waals surface area contributed by atoms with E-state index in [0.29, 0.717) is 23.7 Å². The molecule has 0 fully saturated rings. The minimum absolute atomic E-state index is 0.00233. The highest BCUT2D eigenvalue weighted by Crippen LogP contribution is 2.34. The smallest absolute Gasteiger partial charge is 0.360 e. The number of nitrogens with zero attached hydrogens (tertiary/aromatic N) is 1. The first-order valence-electron chi connectivity index (χ1n) is 10.9. The topological polar surface area (TPSA) is 27.3 Å². The molecule has 31 heavy (non-hydrogen) atoms. The van der Waals surface area contributed by atoms with Crippen LogP contribution in [0.15, 0.2) is 77.9 Å². The van der Waals surface area contributed by atoms with Gasteiger partial charge in [0.1, 0.15) is 0 Å². The Bertz CT molecular complexity index is 807. The molecule has 1 heterocycles. The van der Waals surface area contributed by atoms with Crippen LogP contribution in [0.5, 0.6) is 0 Å². The van der Waals surface area contributed by atoms with Gasteiger partial charge in [0.25, 0.3) is 0 Å². The van der Waals surface area contributed by atoms with Gasteiger partial charge in [0.2, 0.25) is 0 Å². The monoisotopic (exact) mass is 433 g/mol. The van der Waals surface area contributed by atoms with Crippen molar-refractivity contribution in [2.24, 2.45) is 5.92 Å². The molecule has 0 aromatic heterocycles. The van der Waals surface area contributed by atoms with Crippen molar-refractivity contribution in [2.45, 2.75) is 52.6 Å². The van der Waals surface area contributed by atoms with Gasteiger partial charge in [-0.2, -0.15) is 13.2 Å². The van der Waals surface area contributed by atoms with E-state index in [0.717, 1.165) is 31.5 Å². The second kappa shape index (κ2) is 11.8. The number of benzene rings is 1. The van der Waals surface area contributed by atoms with E-state index in [9.17, 15) is 13.2 Å². The van der Waals surface area contributed by atoms with E-state index < -0.39 is 11.7 Å². The lowest BCUT2D eigenvalue weighted by Crippen LogP contribution is -2.30. The van der Waals surface area contributed by atoms with Gasteiger partial charge in [0.15, 0.2) is 0 Å². The van der Waals surface area contributed by atoms with Crippen molar-refractivity contribution in [1.82, 2.24) is 10.6 Å². The van der Waals surface area contributed by atoms with Gasteiger partial charge in [0.05, 0.1) is 11.3 Å². The van der Waals surface area contributed by atoms with E-state index in [2.05, 4.69) is 31.1 Å². The van der Waals surface area contributed by atoms with Crippen molar-refractivity contribution in [3.05, 3.63) is 77.9 Å². The number of allylic oxidation sites excluding steroid dienone is 2. The van der Waals surface area contributed by atoms with Gasteiger partial charge in [-0.1, -0.05) is 57.9 Å². The lowest BCUT2D eigenvalue weighted by Gasteiger charge is -2.26. The molecule has 1 unspecified atom stereocenters. The molecule has 1 aromatic carbocycles. The first-order valence-corrected chi connectivity index (χ1v) is 10.9. The number of halogens is 3. The third-order valence-electron chi connectivity index (χ3n) is 5.35. The Morgan fingerprint density at radius 2 is 1.94 bits per heavy atom. The molecular formula is C25H34F3N3. The zero-order chi connectivity index (χ0) is 22.9. The Morgan fingerprint density at radius 3 is 2.52 bits per heavy atom. The molecule has 2 rings (SSSR count). The van der Waals surface area contributed by atoms with Gasteiger partial charge >= 0.3 is 6.18 Å². The summed E-state index contributed by atoms with van der Waals surface area (Å²) in [7, 11) is 0. The highest BCUT2D eigenvalue weighted by Gasteiger charge is 2.37. The third-order valence-corrected chi connectivity index (χ3v) is 5.35. The molecule has 3 nitrogen and oxygen atoms in total. The number of hydrogen-bond donors (Lipinski definition) is 2. The first-order chi connectivity index (χ1) is 14.8. The fourth-order valence-electron chi connectivity index (χ4n) is 3.48. The second-order valence-electron chi connectivity index (χ2n) is 7.95. The van der Waals surface area contributed by atoms with Crippen LogP contribution in [0.2, 0.25) is 0 Å². The molecule has 0 saturated carbocycles. The van der Waals surface area contributed by atoms with E-state index in [-0.39, 0.29) is 5.70 Å². The lowest BCUT2D eigenvalue weighted by molar-refractivity contribution is -0.0899. The number of para-hydroxylation sites is 1. The molecule has 1 aromatic rings. The summed E-state index contributed by atoms with van der Waals surface area (Å²) in [4.78, 5) is 1.65. The number of unbranched alkanes of at least 4 members (excludes halogenated alkanes) is 1. The Morgan fingerprint density at radius 1 is 1.23 bits per heavy atom. The summed E-state index contributed by atoms with van der Waals surface area (Å²) >= 11 is 0. The van der Waals surface area contributed by atoms with Crippen molar-refractivity contribution in [1.29, 1.82) is 0 Å². The maximum atomic E-state index is 13.8. The van der Waals surface area contributed by atoms with E-state index in [1.54, 1.807) is 18.0 Å². The lowest BCUT2D eigenvalue weighted by atomic mass is 9.99. The van der Waals surface area contributed by atoms with E-state index in [1.165, 1.54) is 18.7 Å². The molecule has 1 aliphatic rings. The number of alkyl halides is 3. The van der Waals surface area contributed by atoms with E-state index >= 15 is 0 Å². The zero-order valence-corrected chi connectivity index (χ0v) is 18.7. The summed E-state index contributed by atoms with van der Waals surface area (Å²) in [6.07, 6.45) is 4.39. The molecule has 0 aliphatic carbocycles. The van der Waals surface area contributed by atoms with E-state index in [4.69, 9.17) is 0 Å². The Kier molecular flexibility index (Phi) is 9.44. The average Bonchev–Trinajstić information content (AvgIpc) is 2.74. The third kappa shape index (κ3) is 7.62. The van der Waals surface area contributed by atoms with Gasteiger partial charge in [-0.15, -0.1) is 0 Å². The summed E-state index contributed by atoms with van der Waals surface area (Å²) in [6, 6.07) is 9.21. The number of rotatable bonds is 11. The molecule has 1 atom stereocenters. The van der Waals surface area contributed by atoms with Crippen LogP contribution in [-0.2, 0) is 0 Å². The fraction of sp³-hybridized carbons (Fsp3) is 0.440. The van der Waals surface area contributed by atoms with Crippen molar-refractivity contribution in [2.75, 3.05) is 18.0 Å². The number of anilines is 1. The highest BCUT2D eigenvalue weighted by molar-refractivity contribution is 5.57. The standard InChI is InChI=1S/C25H34F3N3/c1-5-7-11-20(6-2)15-29-16-21-14-23(25(26,27)28)24(30-17-21)18-31(19(3)4)22-12-9-8-10-13-22/h8-10,12-14,17-18,20,29-30H,3,5-7,11,15-16H2,1-2,4H3/b24-18-. The molecule has 1 aliphatic heterocycles. The molecule has 0 amide bonds. The molecule has 0 bridgehead atoms. The van der Waals surface area contributed by atoms with Gasteiger partial charge in [-0.3, -0.25) is 0 Å². The van der Waals surface area contributed by atoms with Crippen molar-refractivity contribution < 1.29 is 13.2 Å². The van der Waals surface area contributed by atoms with Crippen molar-refractivity contribution in [3.63, 3.8) is 0 Å². The maximum absolute atomic E-state index is 13.8. The molecular weight excluding hydrogens is 399 g/mol. The zero-order valence-electron chi connectivity index (χ0n) is 18.7. The minimum atomic E-state index is -4.47. The first kappa shape index (κ1) is 24.8. The minimum Gasteiger partial charge on any atom is -0.360 e. The molecule has 0 radical (unpaired) electrons. The number of nitrogens with one attached hydrogen (secondary N) is 2. The maximum Gasteiger partial charge on any atom is 0.418 e. The molecule has 2 N–H and O–H groups in total. The molecule has 170 valence electrons. The quantitative estimate of drug-likeness (QED) is 0.409. The fourth-order valence-corrected chi connectivity index (χ4v) is 3.48. The summed E-state index contributed by atoms with van der Waals surface area (Å²) < 4.78 is 41.5.